The van der Waals surface area contributed by atoms with Crippen LogP contribution in [0.5, 0.6) is 0 Å². The van der Waals surface area contributed by atoms with E-state index in [-0.39, 0.29) is 24.6 Å². The van der Waals surface area contributed by atoms with Crippen molar-refractivity contribution in [3.63, 3.8) is 0 Å². The third-order valence-corrected chi connectivity index (χ3v) is 5.02. The molecule has 9 nitrogen and oxygen atoms in total. The lowest BCUT2D eigenvalue weighted by Gasteiger charge is -2.18. The maximum Gasteiger partial charge on any atom is 0.269 e. The number of fused-ring (bicyclic) bond motifs is 1. The van der Waals surface area contributed by atoms with Crippen LogP contribution in [0.3, 0.4) is 0 Å². The first-order valence-electron chi connectivity index (χ1n) is 8.60. The Kier molecular flexibility index (Phi) is 5.55. The molecule has 146 valence electrons. The number of carbonyl (C=O) groups is 1. The average molecular weight is 403 g/mol. The normalized spacial score (nSPS) is 11.0. The summed E-state index contributed by atoms with van der Waals surface area (Å²) in [6, 6.07) is 4.20. The van der Waals surface area contributed by atoms with Crippen LogP contribution >= 0.6 is 11.6 Å². The zero-order chi connectivity index (χ0) is 20.4. The number of halogens is 1. The molecule has 0 spiro atoms. The maximum absolute atomic E-state index is 12.6. The van der Waals surface area contributed by atoms with Gasteiger partial charge in [-0.15, -0.1) is 0 Å². The van der Waals surface area contributed by atoms with E-state index in [4.69, 9.17) is 11.6 Å². The molecule has 0 fully saturated rings. The van der Waals surface area contributed by atoms with Crippen molar-refractivity contribution in [2.75, 3.05) is 7.05 Å². The van der Waals surface area contributed by atoms with Crippen LogP contribution in [0.4, 0.5) is 5.69 Å². The number of hydrogen-bond donors (Lipinski definition) is 0. The van der Waals surface area contributed by atoms with Crippen molar-refractivity contribution >= 4 is 29.0 Å². The van der Waals surface area contributed by atoms with E-state index >= 15 is 0 Å². The molecular formula is C18H19ClN6O3. The van der Waals surface area contributed by atoms with Crippen LogP contribution in [-0.4, -0.2) is 42.4 Å². The Hall–Kier alpha value is -3.07. The second-order valence-electron chi connectivity index (χ2n) is 6.52. The van der Waals surface area contributed by atoms with Gasteiger partial charge in [0.2, 0.25) is 5.91 Å². The first kappa shape index (κ1) is 19.7. The molecule has 0 atom stereocenters. The van der Waals surface area contributed by atoms with E-state index < -0.39 is 4.92 Å². The number of amides is 1. The van der Waals surface area contributed by atoms with Crippen LogP contribution in [0.2, 0.25) is 5.02 Å². The number of benzene rings is 1. The Labute approximate surface area is 166 Å². The minimum absolute atomic E-state index is 0.0568. The van der Waals surface area contributed by atoms with Crippen LogP contribution in [0.25, 0.3) is 5.78 Å². The molecule has 1 amide bonds. The van der Waals surface area contributed by atoms with Gasteiger partial charge in [0.05, 0.1) is 4.92 Å². The van der Waals surface area contributed by atoms with Gasteiger partial charge in [-0.3, -0.25) is 14.9 Å². The first-order chi connectivity index (χ1) is 13.3. The van der Waals surface area contributed by atoms with E-state index in [1.807, 2.05) is 13.8 Å². The maximum atomic E-state index is 12.6. The van der Waals surface area contributed by atoms with Crippen molar-refractivity contribution in [1.82, 2.24) is 24.5 Å². The van der Waals surface area contributed by atoms with Gasteiger partial charge in [0.1, 0.15) is 6.33 Å². The molecule has 0 saturated carbocycles. The number of carbonyl (C=O) groups excluding carboxylic acids is 1. The van der Waals surface area contributed by atoms with Crippen molar-refractivity contribution < 1.29 is 9.72 Å². The van der Waals surface area contributed by atoms with Gasteiger partial charge in [-0.1, -0.05) is 11.6 Å². The van der Waals surface area contributed by atoms with E-state index in [0.29, 0.717) is 22.8 Å². The smallest absolute Gasteiger partial charge is 0.269 e. The number of aryl methyl sites for hydroxylation is 2. The average Bonchev–Trinajstić information content (AvgIpc) is 3.11. The number of rotatable bonds is 6. The molecule has 0 saturated heterocycles. The summed E-state index contributed by atoms with van der Waals surface area (Å²) in [6.07, 6.45) is 2.22. The van der Waals surface area contributed by atoms with Gasteiger partial charge >= 0.3 is 0 Å². The molecule has 0 aliphatic heterocycles. The van der Waals surface area contributed by atoms with Crippen molar-refractivity contribution in [3.8, 4) is 0 Å². The largest absolute Gasteiger partial charge is 0.341 e. The fourth-order valence-corrected chi connectivity index (χ4v) is 3.26. The fourth-order valence-electron chi connectivity index (χ4n) is 3.08. The minimum Gasteiger partial charge on any atom is -0.341 e. The molecule has 10 heteroatoms. The molecular weight excluding hydrogens is 384 g/mol. The fraction of sp³-hybridized carbons (Fsp3) is 0.333. The number of hydrogen-bond acceptors (Lipinski definition) is 6. The zero-order valence-corrected chi connectivity index (χ0v) is 16.5. The van der Waals surface area contributed by atoms with E-state index in [9.17, 15) is 14.9 Å². The van der Waals surface area contributed by atoms with Crippen molar-refractivity contribution in [2.45, 2.75) is 33.2 Å². The summed E-state index contributed by atoms with van der Waals surface area (Å²) in [5.41, 5.74) is 3.14. The second-order valence-corrected chi connectivity index (χ2v) is 6.92. The minimum atomic E-state index is -0.486. The molecule has 28 heavy (non-hydrogen) atoms. The van der Waals surface area contributed by atoms with Gasteiger partial charge in [-0.05, 0) is 37.5 Å². The van der Waals surface area contributed by atoms with Crippen LogP contribution in [0, 0.1) is 24.0 Å². The molecule has 0 aliphatic rings. The van der Waals surface area contributed by atoms with Crippen LogP contribution in [0.15, 0.2) is 24.5 Å². The molecule has 0 bridgehead atoms. The Morgan fingerprint density at radius 2 is 2.11 bits per heavy atom. The van der Waals surface area contributed by atoms with Gasteiger partial charge in [0.15, 0.2) is 0 Å². The number of non-ortho nitro benzene ring substituents is 1. The summed E-state index contributed by atoms with van der Waals surface area (Å²) in [4.78, 5) is 33.0. The summed E-state index contributed by atoms with van der Waals surface area (Å²) in [7, 11) is 1.65. The lowest BCUT2D eigenvalue weighted by molar-refractivity contribution is -0.384. The molecule has 0 N–H and O–H groups in total. The van der Waals surface area contributed by atoms with Gasteiger partial charge < -0.3 is 4.90 Å². The highest BCUT2D eigenvalue weighted by atomic mass is 35.5. The molecule has 3 aromatic rings. The van der Waals surface area contributed by atoms with Crippen LogP contribution < -0.4 is 0 Å². The van der Waals surface area contributed by atoms with Crippen molar-refractivity contribution in [2.24, 2.45) is 0 Å². The quantitative estimate of drug-likeness (QED) is 0.463. The van der Waals surface area contributed by atoms with Crippen molar-refractivity contribution in [3.05, 3.63) is 62.2 Å². The zero-order valence-electron chi connectivity index (χ0n) is 15.7. The molecule has 0 aliphatic carbocycles. The highest BCUT2D eigenvalue weighted by Gasteiger charge is 2.17. The molecule has 2 heterocycles. The first-order valence-corrected chi connectivity index (χ1v) is 8.98. The Bertz CT molecular complexity index is 1060. The lowest BCUT2D eigenvalue weighted by atomic mass is 10.1. The molecule has 0 unspecified atom stereocenters. The van der Waals surface area contributed by atoms with E-state index in [1.54, 1.807) is 11.6 Å². The Morgan fingerprint density at radius 3 is 2.82 bits per heavy atom. The number of aromatic nitrogens is 4. The molecule has 2 aromatic heterocycles. The highest BCUT2D eigenvalue weighted by Crippen LogP contribution is 2.23. The summed E-state index contributed by atoms with van der Waals surface area (Å²) < 4.78 is 1.65. The SMILES string of the molecule is Cc1nc2ncnn2c(C)c1CCC(=O)N(C)Cc1cc([N+](=O)[O-])ccc1Cl. The highest BCUT2D eigenvalue weighted by molar-refractivity contribution is 6.31. The summed E-state index contributed by atoms with van der Waals surface area (Å²) in [5, 5.41) is 15.5. The molecule has 0 radical (unpaired) electrons. The number of nitrogens with zero attached hydrogens (tertiary/aromatic N) is 6. The Morgan fingerprint density at radius 1 is 1.36 bits per heavy atom. The van der Waals surface area contributed by atoms with Gasteiger partial charge in [0.25, 0.3) is 11.5 Å². The van der Waals surface area contributed by atoms with E-state index in [2.05, 4.69) is 15.1 Å². The second kappa shape index (κ2) is 7.89. The monoisotopic (exact) mass is 402 g/mol. The van der Waals surface area contributed by atoms with E-state index in [1.165, 1.54) is 29.4 Å². The van der Waals surface area contributed by atoms with Crippen LogP contribution in [0.1, 0.15) is 28.9 Å². The standard InChI is InChI=1S/C18H19ClN6O3/c1-11-15(12(2)24-18(22-11)20-10-21-24)5-7-17(26)23(3)9-13-8-14(25(27)28)4-6-16(13)19/h4,6,8,10H,5,7,9H2,1-3H3. The lowest BCUT2D eigenvalue weighted by Crippen LogP contribution is -2.26. The summed E-state index contributed by atoms with van der Waals surface area (Å²) in [6.45, 7) is 3.99. The summed E-state index contributed by atoms with van der Waals surface area (Å²) >= 11 is 6.12. The number of nitro benzene ring substituents is 1. The van der Waals surface area contributed by atoms with Crippen LogP contribution in [-0.2, 0) is 17.8 Å². The summed E-state index contributed by atoms with van der Waals surface area (Å²) in [5.74, 6) is 0.433. The third-order valence-electron chi connectivity index (χ3n) is 4.65. The number of nitro groups is 1. The van der Waals surface area contributed by atoms with E-state index in [0.717, 1.165) is 17.0 Å². The third kappa shape index (κ3) is 3.94. The predicted octanol–water partition coefficient (Wildman–Crippen LogP) is 2.89. The van der Waals surface area contributed by atoms with Gasteiger partial charge in [0, 0.05) is 48.6 Å². The predicted molar refractivity (Wildman–Crippen MR) is 103 cm³/mol. The molecule has 1 aromatic carbocycles. The van der Waals surface area contributed by atoms with Crippen molar-refractivity contribution in [1.29, 1.82) is 0 Å². The molecule has 3 rings (SSSR count). The Balaban J connectivity index is 1.70. The topological polar surface area (TPSA) is 107 Å². The van der Waals surface area contributed by atoms with Gasteiger partial charge in [-0.2, -0.15) is 10.1 Å². The van der Waals surface area contributed by atoms with Gasteiger partial charge in [-0.25, -0.2) is 9.50 Å².